The summed E-state index contributed by atoms with van der Waals surface area (Å²) in [5.41, 5.74) is 5.32. The first-order valence-corrected chi connectivity index (χ1v) is 8.29. The van der Waals surface area contributed by atoms with E-state index in [1.54, 1.807) is 28.9 Å². The molecular formula is C20H20N4O2. The molecular weight excluding hydrogens is 328 g/mol. The van der Waals surface area contributed by atoms with Crippen molar-refractivity contribution in [3.05, 3.63) is 70.5 Å². The van der Waals surface area contributed by atoms with Crippen molar-refractivity contribution in [3.8, 4) is 5.69 Å². The maximum atomic E-state index is 12.5. The number of hydrogen-bond donors (Lipinski definition) is 1. The monoisotopic (exact) mass is 348 g/mol. The van der Waals surface area contributed by atoms with E-state index in [0.29, 0.717) is 16.9 Å². The van der Waals surface area contributed by atoms with Crippen molar-refractivity contribution in [1.82, 2.24) is 15.0 Å². The minimum Gasteiger partial charge on any atom is -0.321 e. The van der Waals surface area contributed by atoms with Crippen molar-refractivity contribution in [2.75, 3.05) is 5.32 Å². The molecule has 26 heavy (non-hydrogen) atoms. The molecule has 0 saturated carbocycles. The normalized spacial score (nSPS) is 10.6. The Morgan fingerprint density at radius 3 is 2.27 bits per heavy atom. The van der Waals surface area contributed by atoms with Crippen molar-refractivity contribution in [2.24, 2.45) is 0 Å². The van der Waals surface area contributed by atoms with Crippen LogP contribution in [0.15, 0.2) is 42.5 Å². The van der Waals surface area contributed by atoms with Crippen molar-refractivity contribution < 1.29 is 9.59 Å². The molecule has 1 N–H and O–H groups in total. The molecule has 0 atom stereocenters. The van der Waals surface area contributed by atoms with E-state index in [9.17, 15) is 9.59 Å². The number of aromatic nitrogens is 3. The number of hydrogen-bond acceptors (Lipinski definition) is 4. The predicted molar refractivity (Wildman–Crippen MR) is 100.0 cm³/mol. The highest BCUT2D eigenvalue weighted by molar-refractivity contribution is 6.04. The lowest BCUT2D eigenvalue weighted by molar-refractivity contribution is 0.101. The zero-order chi connectivity index (χ0) is 18.8. The molecule has 132 valence electrons. The Balaban J connectivity index is 1.83. The number of nitrogens with one attached hydrogen (secondary N) is 1. The number of carbonyl (C=O) groups excluding carboxylic acids is 2. The fraction of sp³-hybridized carbons (Fsp3) is 0.200. The summed E-state index contributed by atoms with van der Waals surface area (Å²) in [5.74, 6) is -0.358. The molecule has 0 unspecified atom stereocenters. The molecule has 0 fully saturated rings. The third-order valence-electron chi connectivity index (χ3n) is 4.39. The molecule has 0 aliphatic carbocycles. The molecule has 1 aromatic heterocycles. The molecule has 6 heteroatoms. The standard InChI is InChI=1S/C20H20N4O2/c1-12-5-10-18(11-13(12)2)24-14(3)19(22-23-24)20(26)21-17-8-6-16(7-9-17)15(4)25/h5-11H,1-4H3,(H,21,26). The summed E-state index contributed by atoms with van der Waals surface area (Å²) in [5, 5.41) is 10.9. The van der Waals surface area contributed by atoms with Gasteiger partial charge in [-0.25, -0.2) is 4.68 Å². The second-order valence-electron chi connectivity index (χ2n) is 6.29. The van der Waals surface area contributed by atoms with Gasteiger partial charge in [0.05, 0.1) is 11.4 Å². The Morgan fingerprint density at radius 2 is 1.65 bits per heavy atom. The molecule has 1 amide bonds. The van der Waals surface area contributed by atoms with Crippen molar-refractivity contribution in [1.29, 1.82) is 0 Å². The van der Waals surface area contributed by atoms with Crippen LogP contribution < -0.4 is 5.32 Å². The lowest BCUT2D eigenvalue weighted by Gasteiger charge is -2.07. The fourth-order valence-electron chi connectivity index (χ4n) is 2.62. The van der Waals surface area contributed by atoms with Crippen LogP contribution in [-0.2, 0) is 0 Å². The van der Waals surface area contributed by atoms with E-state index in [4.69, 9.17) is 0 Å². The van der Waals surface area contributed by atoms with Gasteiger partial charge in [0.2, 0.25) is 0 Å². The number of ketones is 1. The van der Waals surface area contributed by atoms with Crippen LogP contribution in [0.4, 0.5) is 5.69 Å². The van der Waals surface area contributed by atoms with Crippen LogP contribution in [0.25, 0.3) is 5.69 Å². The predicted octanol–water partition coefficient (Wildman–Crippen LogP) is 3.65. The van der Waals surface area contributed by atoms with Crippen molar-refractivity contribution in [2.45, 2.75) is 27.7 Å². The molecule has 6 nitrogen and oxygen atoms in total. The van der Waals surface area contributed by atoms with Crippen LogP contribution >= 0.6 is 0 Å². The number of nitrogens with zero attached hydrogens (tertiary/aromatic N) is 3. The molecule has 0 aliphatic heterocycles. The number of benzene rings is 2. The van der Waals surface area contributed by atoms with Gasteiger partial charge in [-0.15, -0.1) is 5.10 Å². The summed E-state index contributed by atoms with van der Waals surface area (Å²) in [6.45, 7) is 7.39. The number of amides is 1. The average molecular weight is 348 g/mol. The topological polar surface area (TPSA) is 76.9 Å². The molecule has 0 bridgehead atoms. The average Bonchev–Trinajstić information content (AvgIpc) is 2.99. The summed E-state index contributed by atoms with van der Waals surface area (Å²) in [6.07, 6.45) is 0. The quantitative estimate of drug-likeness (QED) is 0.730. The maximum absolute atomic E-state index is 12.5. The number of carbonyl (C=O) groups is 2. The van der Waals surface area contributed by atoms with Crippen LogP contribution in [0.3, 0.4) is 0 Å². The first kappa shape index (κ1) is 17.5. The minimum absolute atomic E-state index is 0.0185. The third kappa shape index (κ3) is 3.39. The third-order valence-corrected chi connectivity index (χ3v) is 4.39. The second-order valence-corrected chi connectivity index (χ2v) is 6.29. The SMILES string of the molecule is CC(=O)c1ccc(NC(=O)c2nnn(-c3ccc(C)c(C)c3)c2C)cc1. The van der Waals surface area contributed by atoms with Gasteiger partial charge in [0, 0.05) is 11.3 Å². The van der Waals surface area contributed by atoms with Crippen LogP contribution in [-0.4, -0.2) is 26.7 Å². The highest BCUT2D eigenvalue weighted by atomic mass is 16.2. The van der Waals surface area contributed by atoms with Crippen LogP contribution in [0.1, 0.15) is 44.6 Å². The Bertz CT molecular complexity index is 988. The summed E-state index contributed by atoms with van der Waals surface area (Å²) < 4.78 is 1.65. The summed E-state index contributed by atoms with van der Waals surface area (Å²) in [4.78, 5) is 23.8. The van der Waals surface area contributed by atoms with Gasteiger partial charge in [-0.2, -0.15) is 0 Å². The highest BCUT2D eigenvalue weighted by Gasteiger charge is 2.18. The number of rotatable bonds is 4. The van der Waals surface area contributed by atoms with Crippen LogP contribution in [0.5, 0.6) is 0 Å². The van der Waals surface area contributed by atoms with Gasteiger partial charge in [-0.05, 0) is 75.2 Å². The Labute approximate surface area is 151 Å². The number of aryl methyl sites for hydroxylation is 2. The maximum Gasteiger partial charge on any atom is 0.278 e. The number of Topliss-reactive ketones (excluding diaryl/α,β-unsaturated/α-hetero) is 1. The summed E-state index contributed by atoms with van der Waals surface area (Å²) in [7, 11) is 0. The molecule has 0 aliphatic rings. The van der Waals surface area contributed by atoms with Gasteiger partial charge >= 0.3 is 0 Å². The van der Waals surface area contributed by atoms with E-state index in [-0.39, 0.29) is 17.4 Å². The Hall–Kier alpha value is -3.28. The van der Waals surface area contributed by atoms with E-state index in [0.717, 1.165) is 11.3 Å². The van der Waals surface area contributed by atoms with E-state index in [1.165, 1.54) is 12.5 Å². The van der Waals surface area contributed by atoms with E-state index >= 15 is 0 Å². The molecule has 0 radical (unpaired) electrons. The van der Waals surface area contributed by atoms with Gasteiger partial charge in [0.25, 0.3) is 5.91 Å². The van der Waals surface area contributed by atoms with Gasteiger partial charge < -0.3 is 5.32 Å². The highest BCUT2D eigenvalue weighted by Crippen LogP contribution is 2.17. The zero-order valence-corrected chi connectivity index (χ0v) is 15.2. The van der Waals surface area contributed by atoms with Gasteiger partial charge in [-0.1, -0.05) is 11.3 Å². The van der Waals surface area contributed by atoms with E-state index in [1.807, 2.05) is 39.0 Å². The Kier molecular flexibility index (Phi) is 4.67. The van der Waals surface area contributed by atoms with Gasteiger partial charge in [0.1, 0.15) is 0 Å². The fourth-order valence-corrected chi connectivity index (χ4v) is 2.62. The summed E-state index contributed by atoms with van der Waals surface area (Å²) >= 11 is 0. The number of anilines is 1. The second kappa shape index (κ2) is 6.92. The largest absolute Gasteiger partial charge is 0.321 e. The molecule has 3 aromatic rings. The molecule has 0 saturated heterocycles. The molecule has 0 spiro atoms. The van der Waals surface area contributed by atoms with Gasteiger partial charge in [-0.3, -0.25) is 9.59 Å². The Morgan fingerprint density at radius 1 is 0.962 bits per heavy atom. The van der Waals surface area contributed by atoms with Crippen LogP contribution in [0, 0.1) is 20.8 Å². The zero-order valence-electron chi connectivity index (χ0n) is 15.2. The lowest BCUT2D eigenvalue weighted by Crippen LogP contribution is -2.14. The summed E-state index contributed by atoms with van der Waals surface area (Å²) in [6, 6.07) is 12.7. The van der Waals surface area contributed by atoms with Crippen molar-refractivity contribution >= 4 is 17.4 Å². The lowest BCUT2D eigenvalue weighted by atomic mass is 10.1. The van der Waals surface area contributed by atoms with E-state index in [2.05, 4.69) is 15.6 Å². The van der Waals surface area contributed by atoms with Crippen molar-refractivity contribution in [3.63, 3.8) is 0 Å². The molecule has 2 aromatic carbocycles. The van der Waals surface area contributed by atoms with Crippen LogP contribution in [0.2, 0.25) is 0 Å². The van der Waals surface area contributed by atoms with E-state index < -0.39 is 0 Å². The first-order valence-electron chi connectivity index (χ1n) is 8.29. The molecule has 3 rings (SSSR count). The first-order chi connectivity index (χ1) is 12.4. The smallest absolute Gasteiger partial charge is 0.278 e. The molecule has 1 heterocycles. The minimum atomic E-state index is -0.340. The van der Waals surface area contributed by atoms with Gasteiger partial charge in [0.15, 0.2) is 11.5 Å².